The van der Waals surface area contributed by atoms with E-state index in [1.165, 1.54) is 0 Å². The molecule has 1 heterocycles. The smallest absolute Gasteiger partial charge is 0.441 e. The van der Waals surface area contributed by atoms with E-state index in [1.807, 2.05) is 10.4 Å². The second-order valence-electron chi connectivity index (χ2n) is 7.00. The maximum atomic E-state index is 12.2. The molecule has 2 N–H and O–H groups in total. The molecule has 1 amide bonds. The van der Waals surface area contributed by atoms with Gasteiger partial charge in [-0.2, -0.15) is 0 Å². The molecule has 1 saturated heterocycles. The number of hydrogen-bond acceptors (Lipinski definition) is 6. The zero-order chi connectivity index (χ0) is 19.5. The first-order valence-electron chi connectivity index (χ1n) is 8.14. The summed E-state index contributed by atoms with van der Waals surface area (Å²) in [4.78, 5) is 30.5. The molecule has 1 unspecified atom stereocenters. The van der Waals surface area contributed by atoms with Crippen molar-refractivity contribution in [1.29, 1.82) is 0 Å². The number of rotatable bonds is 3. The number of benzene rings is 1. The van der Waals surface area contributed by atoms with Gasteiger partial charge in [0.25, 0.3) is 0 Å². The molecule has 1 aromatic carbocycles. The number of ether oxygens (including phenoxy) is 1. The molecular formula is C17H22BrClN2O5. The molecule has 0 radical (unpaired) electrons. The molecule has 1 fully saturated rings. The number of amides is 1. The van der Waals surface area contributed by atoms with Gasteiger partial charge in [0.2, 0.25) is 0 Å². The third-order valence-corrected chi connectivity index (χ3v) is 4.72. The highest BCUT2D eigenvalue weighted by Crippen LogP contribution is 2.35. The minimum absolute atomic E-state index is 0.154. The van der Waals surface area contributed by atoms with Crippen molar-refractivity contribution in [3.8, 4) is 0 Å². The predicted octanol–water partition coefficient (Wildman–Crippen LogP) is 3.40. The summed E-state index contributed by atoms with van der Waals surface area (Å²) in [6, 6.07) is 3.47. The summed E-state index contributed by atoms with van der Waals surface area (Å²) in [5, 5.41) is 10.1. The maximum Gasteiger partial charge on any atom is 0.441 e. The first-order valence-corrected chi connectivity index (χ1v) is 9.31. The molecule has 26 heavy (non-hydrogen) atoms. The first kappa shape index (κ1) is 20.8. The van der Waals surface area contributed by atoms with Crippen molar-refractivity contribution in [2.24, 2.45) is 5.92 Å². The van der Waals surface area contributed by atoms with E-state index < -0.39 is 23.6 Å². The minimum Gasteiger partial charge on any atom is -0.442 e. The molecule has 2 rings (SSSR count). The summed E-state index contributed by atoms with van der Waals surface area (Å²) < 4.78 is 5.72. The van der Waals surface area contributed by atoms with Gasteiger partial charge in [0.05, 0.1) is 12.5 Å². The number of nitrogens with one attached hydrogen (secondary N) is 1. The summed E-state index contributed by atoms with van der Waals surface area (Å²) in [7, 11) is 0. The van der Waals surface area contributed by atoms with Crippen molar-refractivity contribution in [3.63, 3.8) is 0 Å². The van der Waals surface area contributed by atoms with Crippen LogP contribution < -0.4 is 10.4 Å². The third kappa shape index (κ3) is 5.49. The summed E-state index contributed by atoms with van der Waals surface area (Å²) in [5.74, 6) is -0.945. The van der Waals surface area contributed by atoms with Crippen molar-refractivity contribution in [2.75, 3.05) is 18.0 Å². The van der Waals surface area contributed by atoms with Crippen LogP contribution in [0.4, 0.5) is 10.5 Å². The van der Waals surface area contributed by atoms with Crippen LogP contribution in [0.5, 0.6) is 0 Å². The molecular weight excluding hydrogens is 428 g/mol. The molecule has 0 saturated carbocycles. The Morgan fingerprint density at radius 2 is 2.12 bits per heavy atom. The maximum absolute atomic E-state index is 12.2. The van der Waals surface area contributed by atoms with Crippen LogP contribution in [0.2, 0.25) is 5.02 Å². The molecule has 1 aliphatic heterocycles. The lowest BCUT2D eigenvalue weighted by Crippen LogP contribution is -2.36. The van der Waals surface area contributed by atoms with Crippen LogP contribution in [-0.4, -0.2) is 35.9 Å². The van der Waals surface area contributed by atoms with Crippen LogP contribution in [0.3, 0.4) is 0 Å². The second kappa shape index (κ2) is 8.45. The normalized spacial score (nSPS) is 17.2. The van der Waals surface area contributed by atoms with Crippen LogP contribution >= 0.6 is 27.5 Å². The fourth-order valence-electron chi connectivity index (χ4n) is 2.67. The lowest BCUT2D eigenvalue weighted by Gasteiger charge is -2.22. The number of hydrogen-bond donors (Lipinski definition) is 2. The highest BCUT2D eigenvalue weighted by Gasteiger charge is 2.32. The highest BCUT2D eigenvalue weighted by atomic mass is 79.9. The number of aliphatic hydroxyl groups is 1. The number of aliphatic hydroxyl groups excluding tert-OH is 1. The predicted molar refractivity (Wildman–Crippen MR) is 101 cm³/mol. The van der Waals surface area contributed by atoms with Gasteiger partial charge in [-0.05, 0) is 39.3 Å². The molecule has 1 aliphatic rings. The Bertz CT molecular complexity index is 692. The fourth-order valence-corrected chi connectivity index (χ4v) is 3.59. The molecule has 1 atom stereocenters. The SMILES string of the molecule is CC(C)(C)OC(=O)NOC(=O)C1CCN(c2cc(Cl)cc(Br)c2CO)C1. The van der Waals surface area contributed by atoms with Gasteiger partial charge in [0.15, 0.2) is 0 Å². The van der Waals surface area contributed by atoms with E-state index in [9.17, 15) is 14.7 Å². The van der Waals surface area contributed by atoms with E-state index in [0.717, 1.165) is 5.69 Å². The minimum atomic E-state index is -0.818. The molecule has 7 nitrogen and oxygen atoms in total. The first-order chi connectivity index (χ1) is 12.1. The van der Waals surface area contributed by atoms with E-state index in [1.54, 1.807) is 32.9 Å². The second-order valence-corrected chi connectivity index (χ2v) is 8.29. The Balaban J connectivity index is 1.96. The van der Waals surface area contributed by atoms with Crippen molar-refractivity contribution in [2.45, 2.75) is 39.4 Å². The van der Waals surface area contributed by atoms with E-state index in [0.29, 0.717) is 34.6 Å². The number of hydroxylamine groups is 1. The van der Waals surface area contributed by atoms with E-state index in [-0.39, 0.29) is 6.61 Å². The average molecular weight is 450 g/mol. The molecule has 1 aromatic rings. The van der Waals surface area contributed by atoms with Gasteiger partial charge in [-0.1, -0.05) is 27.5 Å². The van der Waals surface area contributed by atoms with Gasteiger partial charge in [-0.3, -0.25) is 0 Å². The Morgan fingerprint density at radius 3 is 2.73 bits per heavy atom. The summed E-state index contributed by atoms with van der Waals surface area (Å²) in [5.41, 5.74) is 2.80. The summed E-state index contributed by atoms with van der Waals surface area (Å²) in [6.45, 7) is 5.99. The largest absolute Gasteiger partial charge is 0.442 e. The van der Waals surface area contributed by atoms with Crippen LogP contribution in [0.15, 0.2) is 16.6 Å². The van der Waals surface area contributed by atoms with Gasteiger partial charge in [-0.15, -0.1) is 5.48 Å². The molecule has 144 valence electrons. The van der Waals surface area contributed by atoms with Crippen molar-refractivity contribution >= 4 is 45.3 Å². The van der Waals surface area contributed by atoms with Crippen LogP contribution in [0.25, 0.3) is 0 Å². The monoisotopic (exact) mass is 448 g/mol. The van der Waals surface area contributed by atoms with Crippen molar-refractivity contribution in [1.82, 2.24) is 5.48 Å². The number of carbonyl (C=O) groups excluding carboxylic acids is 2. The molecule has 9 heteroatoms. The Labute approximate surface area is 165 Å². The van der Waals surface area contributed by atoms with Crippen LogP contribution in [0.1, 0.15) is 32.8 Å². The standard InChI is InChI=1S/C17H22BrClN2O5/c1-17(2,3)25-16(24)20-26-15(23)10-4-5-21(8-10)14-7-11(19)6-13(18)12(14)9-22/h6-7,10,22H,4-5,8-9H2,1-3H3,(H,20,24). The van der Waals surface area contributed by atoms with Gasteiger partial charge >= 0.3 is 12.1 Å². The molecule has 0 aromatic heterocycles. The quantitative estimate of drug-likeness (QED) is 0.688. The van der Waals surface area contributed by atoms with Gasteiger partial charge in [0, 0.05) is 33.8 Å². The number of carbonyl (C=O) groups is 2. The van der Waals surface area contributed by atoms with Gasteiger partial charge in [0.1, 0.15) is 5.60 Å². The lowest BCUT2D eigenvalue weighted by atomic mass is 10.1. The topological polar surface area (TPSA) is 88.1 Å². The Morgan fingerprint density at radius 1 is 1.42 bits per heavy atom. The summed E-state index contributed by atoms with van der Waals surface area (Å²) >= 11 is 9.49. The third-order valence-electron chi connectivity index (χ3n) is 3.79. The number of nitrogens with zero attached hydrogens (tertiary/aromatic N) is 1. The highest BCUT2D eigenvalue weighted by molar-refractivity contribution is 9.10. The number of anilines is 1. The fraction of sp³-hybridized carbons (Fsp3) is 0.529. The number of halogens is 2. The zero-order valence-electron chi connectivity index (χ0n) is 14.8. The van der Waals surface area contributed by atoms with E-state index in [2.05, 4.69) is 15.9 Å². The van der Waals surface area contributed by atoms with Gasteiger partial charge < -0.3 is 19.6 Å². The lowest BCUT2D eigenvalue weighted by molar-refractivity contribution is -0.154. The van der Waals surface area contributed by atoms with Gasteiger partial charge in [-0.25, -0.2) is 9.59 Å². The average Bonchev–Trinajstić information content (AvgIpc) is 3.00. The van der Waals surface area contributed by atoms with Crippen molar-refractivity contribution < 1.29 is 24.3 Å². The summed E-state index contributed by atoms with van der Waals surface area (Å²) in [6.07, 6.45) is -0.258. The van der Waals surface area contributed by atoms with E-state index >= 15 is 0 Å². The van der Waals surface area contributed by atoms with E-state index in [4.69, 9.17) is 21.2 Å². The molecule has 0 spiro atoms. The molecule has 0 aliphatic carbocycles. The van der Waals surface area contributed by atoms with Crippen LogP contribution in [-0.2, 0) is 21.0 Å². The Kier molecular flexibility index (Phi) is 6.76. The van der Waals surface area contributed by atoms with Crippen LogP contribution in [0, 0.1) is 5.92 Å². The molecule has 0 bridgehead atoms. The Hall–Kier alpha value is -1.51. The zero-order valence-corrected chi connectivity index (χ0v) is 17.2. The van der Waals surface area contributed by atoms with Crippen molar-refractivity contribution in [3.05, 3.63) is 27.2 Å².